The Hall–Kier alpha value is -1.89. The predicted octanol–water partition coefficient (Wildman–Crippen LogP) is 2.53. The molecule has 7 heteroatoms. The molecule has 7 nitrogen and oxygen atoms in total. The highest BCUT2D eigenvalue weighted by atomic mass is 16.6. The second-order valence-corrected chi connectivity index (χ2v) is 6.40. The van der Waals surface area contributed by atoms with Crippen molar-refractivity contribution in [1.82, 2.24) is 10.1 Å². The molecule has 1 atom stereocenters. The van der Waals surface area contributed by atoms with Gasteiger partial charge in [-0.05, 0) is 34.6 Å². The Balaban J connectivity index is 2.28. The lowest BCUT2D eigenvalue weighted by atomic mass is 10.1. The third-order valence-electron chi connectivity index (χ3n) is 3.08. The van der Waals surface area contributed by atoms with Gasteiger partial charge in [0.1, 0.15) is 23.1 Å². The highest BCUT2D eigenvalue weighted by Gasteiger charge is 2.47. The minimum absolute atomic E-state index is 0.110. The highest BCUT2D eigenvalue weighted by molar-refractivity contribution is 5.71. The Labute approximate surface area is 123 Å². The van der Waals surface area contributed by atoms with E-state index in [1.165, 1.54) is 11.0 Å². The van der Waals surface area contributed by atoms with E-state index in [1.54, 1.807) is 34.6 Å². The summed E-state index contributed by atoms with van der Waals surface area (Å²) < 4.78 is 15.9. The topological polar surface area (TPSA) is 81.9 Å². The number of carbonyl (C=O) groups excluding carboxylic acids is 2. The van der Waals surface area contributed by atoms with Crippen LogP contribution in [0.2, 0.25) is 0 Å². The van der Waals surface area contributed by atoms with Crippen LogP contribution in [0.4, 0.5) is 4.79 Å². The SMILES string of the molecule is CC(C)(C)OC(=O)N1[C@H](c2cc(C=O)on2)COC1(C)C. The van der Waals surface area contributed by atoms with Gasteiger partial charge in [-0.2, -0.15) is 0 Å². The molecule has 116 valence electrons. The highest BCUT2D eigenvalue weighted by Crippen LogP contribution is 2.37. The Bertz CT molecular complexity index is 544. The van der Waals surface area contributed by atoms with Crippen molar-refractivity contribution in [3.05, 3.63) is 17.5 Å². The third kappa shape index (κ3) is 3.24. The smallest absolute Gasteiger partial charge is 0.413 e. The van der Waals surface area contributed by atoms with Crippen molar-refractivity contribution in [1.29, 1.82) is 0 Å². The Kier molecular flexibility index (Phi) is 3.79. The molecule has 0 unspecified atom stereocenters. The molecule has 0 aliphatic carbocycles. The average molecular weight is 296 g/mol. The lowest BCUT2D eigenvalue weighted by Gasteiger charge is -2.34. The number of hydrogen-bond acceptors (Lipinski definition) is 6. The summed E-state index contributed by atoms with van der Waals surface area (Å²) >= 11 is 0. The maximum atomic E-state index is 12.4. The van der Waals surface area contributed by atoms with E-state index in [0.29, 0.717) is 12.0 Å². The van der Waals surface area contributed by atoms with E-state index in [2.05, 4.69) is 5.16 Å². The van der Waals surface area contributed by atoms with E-state index in [1.807, 2.05) is 0 Å². The monoisotopic (exact) mass is 296 g/mol. The van der Waals surface area contributed by atoms with Gasteiger partial charge in [-0.25, -0.2) is 4.79 Å². The van der Waals surface area contributed by atoms with Gasteiger partial charge in [0.2, 0.25) is 0 Å². The van der Waals surface area contributed by atoms with Gasteiger partial charge >= 0.3 is 6.09 Å². The molecule has 1 aliphatic heterocycles. The summed E-state index contributed by atoms with van der Waals surface area (Å²) in [4.78, 5) is 24.6. The first kappa shape index (κ1) is 15.5. The first-order valence-corrected chi connectivity index (χ1v) is 6.72. The van der Waals surface area contributed by atoms with E-state index < -0.39 is 23.5 Å². The standard InChI is InChI=1S/C14H20N2O5/c1-13(2,3)20-12(18)16-11(8-19-14(16,4)5)10-6-9(7-17)21-15-10/h6-7,11H,8H2,1-5H3/t11-/m0/s1. The first-order chi connectivity index (χ1) is 9.64. The number of carbonyl (C=O) groups is 2. The molecule has 1 amide bonds. The number of aromatic nitrogens is 1. The molecule has 0 bridgehead atoms. The molecule has 0 spiro atoms. The summed E-state index contributed by atoms with van der Waals surface area (Å²) in [5.74, 6) is 0.110. The van der Waals surface area contributed by atoms with Crippen molar-refractivity contribution in [2.45, 2.75) is 52.0 Å². The lowest BCUT2D eigenvalue weighted by Crippen LogP contribution is -2.47. The molecule has 0 N–H and O–H groups in total. The summed E-state index contributed by atoms with van der Waals surface area (Å²) in [6.07, 6.45) is 0.0700. The summed E-state index contributed by atoms with van der Waals surface area (Å²) in [7, 11) is 0. The van der Waals surface area contributed by atoms with Gasteiger partial charge in [-0.1, -0.05) is 5.16 Å². The molecule has 0 radical (unpaired) electrons. The number of rotatable bonds is 2. The predicted molar refractivity (Wildman–Crippen MR) is 72.7 cm³/mol. The molecule has 1 aliphatic rings. The zero-order valence-electron chi connectivity index (χ0n) is 12.9. The quantitative estimate of drug-likeness (QED) is 0.780. The molecule has 1 saturated heterocycles. The number of aldehydes is 1. The fraction of sp³-hybridized carbons (Fsp3) is 0.643. The van der Waals surface area contributed by atoms with Crippen LogP contribution in [0.25, 0.3) is 0 Å². The average Bonchev–Trinajstić information content (AvgIpc) is 2.90. The van der Waals surface area contributed by atoms with Crippen LogP contribution in [0, 0.1) is 0 Å². The van der Waals surface area contributed by atoms with Gasteiger partial charge in [-0.15, -0.1) is 0 Å². The van der Waals surface area contributed by atoms with Crippen LogP contribution < -0.4 is 0 Å². The van der Waals surface area contributed by atoms with Crippen LogP contribution in [-0.4, -0.2) is 40.4 Å². The fourth-order valence-electron chi connectivity index (χ4n) is 2.19. The van der Waals surface area contributed by atoms with Gasteiger partial charge in [0, 0.05) is 6.07 Å². The lowest BCUT2D eigenvalue weighted by molar-refractivity contribution is -0.0628. The molecule has 1 aromatic rings. The van der Waals surface area contributed by atoms with Crippen LogP contribution in [0.5, 0.6) is 0 Å². The maximum Gasteiger partial charge on any atom is 0.413 e. The van der Waals surface area contributed by atoms with Gasteiger partial charge < -0.3 is 14.0 Å². The molecule has 2 heterocycles. The van der Waals surface area contributed by atoms with E-state index >= 15 is 0 Å². The zero-order chi connectivity index (χ0) is 15.8. The van der Waals surface area contributed by atoms with Crippen LogP contribution in [0.15, 0.2) is 10.6 Å². The van der Waals surface area contributed by atoms with Gasteiger partial charge in [0.15, 0.2) is 12.0 Å². The van der Waals surface area contributed by atoms with Crippen LogP contribution in [0.3, 0.4) is 0 Å². The Morgan fingerprint density at radius 3 is 2.71 bits per heavy atom. The van der Waals surface area contributed by atoms with E-state index in [-0.39, 0.29) is 12.4 Å². The number of nitrogens with zero attached hydrogens (tertiary/aromatic N) is 2. The molecule has 0 saturated carbocycles. The van der Waals surface area contributed by atoms with Crippen molar-refractivity contribution in [2.24, 2.45) is 0 Å². The number of amides is 1. The molecular formula is C14H20N2O5. The Morgan fingerprint density at radius 2 is 2.19 bits per heavy atom. The number of hydrogen-bond donors (Lipinski definition) is 0. The van der Waals surface area contributed by atoms with Gasteiger partial charge in [0.05, 0.1) is 6.61 Å². The molecule has 1 aromatic heterocycles. The minimum atomic E-state index is -0.826. The second kappa shape index (κ2) is 5.14. The zero-order valence-corrected chi connectivity index (χ0v) is 12.9. The van der Waals surface area contributed by atoms with Crippen molar-refractivity contribution in [3.63, 3.8) is 0 Å². The molecule has 2 rings (SSSR count). The van der Waals surface area contributed by atoms with Crippen LogP contribution in [0.1, 0.15) is 56.9 Å². The van der Waals surface area contributed by atoms with E-state index in [0.717, 1.165) is 0 Å². The van der Waals surface area contributed by atoms with E-state index in [4.69, 9.17) is 14.0 Å². The van der Waals surface area contributed by atoms with E-state index in [9.17, 15) is 9.59 Å². The van der Waals surface area contributed by atoms with Gasteiger partial charge in [0.25, 0.3) is 0 Å². The minimum Gasteiger partial charge on any atom is -0.444 e. The number of ether oxygens (including phenoxy) is 2. The molecular weight excluding hydrogens is 276 g/mol. The van der Waals surface area contributed by atoms with Crippen molar-refractivity contribution in [2.75, 3.05) is 6.61 Å². The van der Waals surface area contributed by atoms with Crippen LogP contribution >= 0.6 is 0 Å². The summed E-state index contributed by atoms with van der Waals surface area (Å²) in [6.45, 7) is 9.20. The molecule has 0 aromatic carbocycles. The van der Waals surface area contributed by atoms with Gasteiger partial charge in [-0.3, -0.25) is 9.69 Å². The summed E-state index contributed by atoms with van der Waals surface area (Å²) in [5.41, 5.74) is -0.973. The Morgan fingerprint density at radius 1 is 1.52 bits per heavy atom. The first-order valence-electron chi connectivity index (χ1n) is 6.72. The third-order valence-corrected chi connectivity index (χ3v) is 3.08. The summed E-state index contributed by atoms with van der Waals surface area (Å²) in [5, 5.41) is 3.83. The fourth-order valence-corrected chi connectivity index (χ4v) is 2.19. The van der Waals surface area contributed by atoms with Crippen molar-refractivity contribution in [3.8, 4) is 0 Å². The molecule has 21 heavy (non-hydrogen) atoms. The van der Waals surface area contributed by atoms with Crippen molar-refractivity contribution < 1.29 is 23.6 Å². The summed E-state index contributed by atoms with van der Waals surface area (Å²) in [6, 6.07) is 1.05. The van der Waals surface area contributed by atoms with Crippen molar-refractivity contribution >= 4 is 12.4 Å². The second-order valence-electron chi connectivity index (χ2n) is 6.40. The molecule has 1 fully saturated rings. The van der Waals surface area contributed by atoms with Crippen LogP contribution in [-0.2, 0) is 9.47 Å². The maximum absolute atomic E-state index is 12.4. The normalized spacial score (nSPS) is 21.4. The largest absolute Gasteiger partial charge is 0.444 e.